The molecule has 3 nitrogen and oxygen atoms in total. The predicted molar refractivity (Wildman–Crippen MR) is 72.2 cm³/mol. The first-order valence-electron chi connectivity index (χ1n) is 5.72. The molecule has 1 atom stereocenters. The minimum Gasteiger partial charge on any atom is -0.323 e. The molecule has 1 rings (SSSR count). The standard InChI is InChI=1S/C13H19ClN2O/c1-8(2)6-11(15)13(17)16-12-7-9(3)4-5-10(12)14/h4-5,7-8,11H,6,15H2,1-3H3,(H,16,17). The van der Waals surface area contributed by atoms with Gasteiger partial charge >= 0.3 is 0 Å². The summed E-state index contributed by atoms with van der Waals surface area (Å²) in [5.41, 5.74) is 7.46. The molecular weight excluding hydrogens is 236 g/mol. The largest absolute Gasteiger partial charge is 0.323 e. The number of nitrogens with one attached hydrogen (secondary N) is 1. The number of amides is 1. The van der Waals surface area contributed by atoms with E-state index in [0.717, 1.165) is 5.56 Å². The molecule has 0 radical (unpaired) electrons. The lowest BCUT2D eigenvalue weighted by atomic mass is 10.0. The summed E-state index contributed by atoms with van der Waals surface area (Å²) in [7, 11) is 0. The summed E-state index contributed by atoms with van der Waals surface area (Å²) in [4.78, 5) is 11.8. The molecule has 0 aromatic heterocycles. The first-order chi connectivity index (χ1) is 7.90. The van der Waals surface area contributed by atoms with Crippen molar-refractivity contribution < 1.29 is 4.79 Å². The Morgan fingerprint density at radius 1 is 1.47 bits per heavy atom. The van der Waals surface area contributed by atoms with Crippen molar-refractivity contribution in [2.24, 2.45) is 11.7 Å². The average molecular weight is 255 g/mol. The van der Waals surface area contributed by atoms with Gasteiger partial charge in [0.1, 0.15) is 0 Å². The molecule has 0 bridgehead atoms. The van der Waals surface area contributed by atoms with E-state index in [4.69, 9.17) is 17.3 Å². The summed E-state index contributed by atoms with van der Waals surface area (Å²) in [6.07, 6.45) is 0.662. The number of halogens is 1. The van der Waals surface area contributed by atoms with Gasteiger partial charge in [0.15, 0.2) is 0 Å². The summed E-state index contributed by atoms with van der Waals surface area (Å²) >= 11 is 6.00. The van der Waals surface area contributed by atoms with Gasteiger partial charge in [0.2, 0.25) is 5.91 Å². The Bertz CT molecular complexity index is 404. The molecule has 0 aliphatic heterocycles. The van der Waals surface area contributed by atoms with Gasteiger partial charge < -0.3 is 11.1 Å². The molecule has 0 spiro atoms. The van der Waals surface area contributed by atoms with Crippen molar-refractivity contribution in [2.45, 2.75) is 33.2 Å². The minimum atomic E-state index is -0.494. The average Bonchev–Trinajstić information content (AvgIpc) is 2.22. The van der Waals surface area contributed by atoms with Crippen molar-refractivity contribution in [3.8, 4) is 0 Å². The summed E-state index contributed by atoms with van der Waals surface area (Å²) in [6, 6.07) is 5.00. The second-order valence-electron chi connectivity index (χ2n) is 4.71. The highest BCUT2D eigenvalue weighted by molar-refractivity contribution is 6.33. The number of carbonyl (C=O) groups is 1. The van der Waals surface area contributed by atoms with Crippen LogP contribution in [0.15, 0.2) is 18.2 Å². The van der Waals surface area contributed by atoms with Crippen LogP contribution in [0, 0.1) is 12.8 Å². The van der Waals surface area contributed by atoms with E-state index < -0.39 is 6.04 Å². The smallest absolute Gasteiger partial charge is 0.241 e. The number of aryl methyl sites for hydroxylation is 1. The molecule has 0 aliphatic rings. The third-order valence-corrected chi connectivity index (χ3v) is 2.77. The Morgan fingerprint density at radius 3 is 2.71 bits per heavy atom. The number of anilines is 1. The fourth-order valence-corrected chi connectivity index (χ4v) is 1.74. The van der Waals surface area contributed by atoms with Gasteiger partial charge in [0, 0.05) is 0 Å². The molecule has 0 saturated carbocycles. The fraction of sp³-hybridized carbons (Fsp3) is 0.462. The first kappa shape index (κ1) is 14.0. The Labute approximate surface area is 107 Å². The molecule has 0 fully saturated rings. The van der Waals surface area contributed by atoms with E-state index in [1.54, 1.807) is 6.07 Å². The number of carbonyl (C=O) groups excluding carboxylic acids is 1. The van der Waals surface area contributed by atoms with Gasteiger partial charge in [-0.25, -0.2) is 0 Å². The van der Waals surface area contributed by atoms with Gasteiger partial charge in [0.25, 0.3) is 0 Å². The molecule has 3 N–H and O–H groups in total. The van der Waals surface area contributed by atoms with Crippen LogP contribution in [-0.2, 0) is 4.79 Å². The van der Waals surface area contributed by atoms with Crippen LogP contribution in [0.2, 0.25) is 5.02 Å². The zero-order valence-electron chi connectivity index (χ0n) is 10.5. The van der Waals surface area contributed by atoms with Crippen LogP contribution >= 0.6 is 11.6 Å². The third-order valence-electron chi connectivity index (χ3n) is 2.44. The fourth-order valence-electron chi connectivity index (χ4n) is 1.58. The lowest BCUT2D eigenvalue weighted by Crippen LogP contribution is -2.36. The van der Waals surface area contributed by atoms with Crippen molar-refractivity contribution in [2.75, 3.05) is 5.32 Å². The molecular formula is C13H19ClN2O. The zero-order chi connectivity index (χ0) is 13.0. The van der Waals surface area contributed by atoms with E-state index in [1.807, 2.05) is 32.9 Å². The monoisotopic (exact) mass is 254 g/mol. The van der Waals surface area contributed by atoms with Crippen molar-refractivity contribution in [3.05, 3.63) is 28.8 Å². The summed E-state index contributed by atoms with van der Waals surface area (Å²) < 4.78 is 0. The second-order valence-corrected chi connectivity index (χ2v) is 5.12. The quantitative estimate of drug-likeness (QED) is 0.868. The number of hydrogen-bond donors (Lipinski definition) is 2. The van der Waals surface area contributed by atoms with Crippen LogP contribution in [0.4, 0.5) is 5.69 Å². The summed E-state index contributed by atoms with van der Waals surface area (Å²) in [5, 5.41) is 3.29. The maximum atomic E-state index is 11.8. The van der Waals surface area contributed by atoms with Gasteiger partial charge in [-0.3, -0.25) is 4.79 Å². The number of nitrogens with two attached hydrogens (primary N) is 1. The van der Waals surface area contributed by atoms with Crippen molar-refractivity contribution in [1.82, 2.24) is 0 Å². The molecule has 1 amide bonds. The molecule has 0 heterocycles. The third kappa shape index (κ3) is 4.36. The van der Waals surface area contributed by atoms with Crippen molar-refractivity contribution >= 4 is 23.2 Å². The molecule has 0 saturated heterocycles. The van der Waals surface area contributed by atoms with Crippen LogP contribution in [0.3, 0.4) is 0 Å². The van der Waals surface area contributed by atoms with E-state index in [2.05, 4.69) is 5.32 Å². The zero-order valence-corrected chi connectivity index (χ0v) is 11.2. The molecule has 1 unspecified atom stereocenters. The van der Waals surface area contributed by atoms with Gasteiger partial charge in [-0.2, -0.15) is 0 Å². The van der Waals surface area contributed by atoms with Crippen molar-refractivity contribution in [1.29, 1.82) is 0 Å². The van der Waals surface area contributed by atoms with E-state index >= 15 is 0 Å². The lowest BCUT2D eigenvalue weighted by molar-refractivity contribution is -0.117. The first-order valence-corrected chi connectivity index (χ1v) is 6.10. The van der Waals surface area contributed by atoms with Crippen LogP contribution in [0.25, 0.3) is 0 Å². The Morgan fingerprint density at radius 2 is 2.12 bits per heavy atom. The second kappa shape index (κ2) is 6.03. The van der Waals surface area contributed by atoms with Gasteiger partial charge in [0.05, 0.1) is 16.8 Å². The molecule has 94 valence electrons. The maximum absolute atomic E-state index is 11.8. The van der Waals surface area contributed by atoms with Crippen LogP contribution in [0.1, 0.15) is 25.8 Å². The SMILES string of the molecule is Cc1ccc(Cl)c(NC(=O)C(N)CC(C)C)c1. The topological polar surface area (TPSA) is 55.1 Å². The maximum Gasteiger partial charge on any atom is 0.241 e. The summed E-state index contributed by atoms with van der Waals surface area (Å²) in [5.74, 6) is 0.204. The molecule has 1 aromatic rings. The van der Waals surface area contributed by atoms with Crippen LogP contribution < -0.4 is 11.1 Å². The highest BCUT2D eigenvalue weighted by Crippen LogP contribution is 2.23. The number of rotatable bonds is 4. The van der Waals surface area contributed by atoms with Gasteiger partial charge in [-0.15, -0.1) is 0 Å². The van der Waals surface area contributed by atoms with Crippen molar-refractivity contribution in [3.63, 3.8) is 0 Å². The highest BCUT2D eigenvalue weighted by atomic mass is 35.5. The normalized spacial score (nSPS) is 12.6. The molecule has 1 aromatic carbocycles. The van der Waals surface area contributed by atoms with Crippen LogP contribution in [-0.4, -0.2) is 11.9 Å². The molecule has 4 heteroatoms. The van der Waals surface area contributed by atoms with Gasteiger partial charge in [-0.05, 0) is 37.0 Å². The highest BCUT2D eigenvalue weighted by Gasteiger charge is 2.16. The van der Waals surface area contributed by atoms with Crippen LogP contribution in [0.5, 0.6) is 0 Å². The molecule has 0 aliphatic carbocycles. The predicted octanol–water partition coefficient (Wildman–Crippen LogP) is 2.96. The molecule has 17 heavy (non-hydrogen) atoms. The van der Waals surface area contributed by atoms with Gasteiger partial charge in [-0.1, -0.05) is 31.5 Å². The summed E-state index contributed by atoms with van der Waals surface area (Å²) in [6.45, 7) is 6.01. The van der Waals surface area contributed by atoms with E-state index in [-0.39, 0.29) is 5.91 Å². The Kier molecular flexibility index (Phi) is 4.97. The van der Waals surface area contributed by atoms with E-state index in [0.29, 0.717) is 23.0 Å². The van der Waals surface area contributed by atoms with E-state index in [1.165, 1.54) is 0 Å². The van der Waals surface area contributed by atoms with E-state index in [9.17, 15) is 4.79 Å². The Hall–Kier alpha value is -1.06. The number of benzene rings is 1. The number of hydrogen-bond acceptors (Lipinski definition) is 2. The Balaban J connectivity index is 2.70. The minimum absolute atomic E-state index is 0.189. The lowest BCUT2D eigenvalue weighted by Gasteiger charge is -2.15.